The summed E-state index contributed by atoms with van der Waals surface area (Å²) in [6, 6.07) is 7.04. The molecule has 124 valence electrons. The Labute approximate surface area is 149 Å². The number of hydrogen-bond donors (Lipinski definition) is 0. The average Bonchev–Trinajstić information content (AvgIpc) is 2.33. The fourth-order valence-corrected chi connectivity index (χ4v) is 3.68. The van der Waals surface area contributed by atoms with Crippen molar-refractivity contribution in [1.29, 1.82) is 0 Å². The number of benzene rings is 1. The Balaban J connectivity index is 3.18. The van der Waals surface area contributed by atoms with E-state index in [2.05, 4.69) is 33.9 Å². The number of ketones is 1. The molecule has 1 aromatic rings. The first-order valence-corrected chi connectivity index (χ1v) is 11.2. The minimum Gasteiger partial charge on any atom is -0.406 e. The zero-order valence-electron chi connectivity index (χ0n) is 13.8. The topological polar surface area (TPSA) is 26.3 Å². The van der Waals surface area contributed by atoms with E-state index < -0.39 is 18.2 Å². The maximum absolute atomic E-state index is 11.4. The summed E-state index contributed by atoms with van der Waals surface area (Å²) in [5.74, 6) is 0.00213. The minimum atomic E-state index is -2.12. The van der Waals surface area contributed by atoms with Crippen molar-refractivity contribution in [3.63, 3.8) is 0 Å². The van der Waals surface area contributed by atoms with Crippen LogP contribution in [0.2, 0.25) is 18.1 Å². The van der Waals surface area contributed by atoms with Gasteiger partial charge in [-0.05, 0) is 30.6 Å². The first-order chi connectivity index (χ1) is 9.75. The number of rotatable bonds is 4. The lowest BCUT2D eigenvalue weighted by Gasteiger charge is -2.41. The van der Waals surface area contributed by atoms with Gasteiger partial charge in [-0.25, -0.2) is 0 Å². The lowest BCUT2D eigenvalue weighted by Crippen LogP contribution is -2.44. The van der Waals surface area contributed by atoms with E-state index in [1.807, 2.05) is 0 Å². The molecule has 1 unspecified atom stereocenters. The highest BCUT2D eigenvalue weighted by Gasteiger charge is 2.44. The van der Waals surface area contributed by atoms with Gasteiger partial charge in [0, 0.05) is 5.56 Å². The molecule has 0 radical (unpaired) electrons. The second-order valence-corrected chi connectivity index (χ2v) is 14.1. The zero-order chi connectivity index (χ0) is 17.3. The molecule has 2 nitrogen and oxygen atoms in total. The third-order valence-electron chi connectivity index (χ3n) is 4.14. The number of alkyl halides is 3. The van der Waals surface area contributed by atoms with Crippen molar-refractivity contribution in [3.8, 4) is 0 Å². The summed E-state index contributed by atoms with van der Waals surface area (Å²) < 4.78 is 4.74. The van der Waals surface area contributed by atoms with Gasteiger partial charge in [-0.3, -0.25) is 4.79 Å². The summed E-state index contributed by atoms with van der Waals surface area (Å²) in [6.45, 7) is 12.1. The van der Waals surface area contributed by atoms with Crippen LogP contribution in [0.3, 0.4) is 0 Å². The molecule has 1 rings (SSSR count). The predicted molar refractivity (Wildman–Crippen MR) is 97.8 cm³/mol. The Bertz CT molecular complexity index is 528. The van der Waals surface area contributed by atoms with Gasteiger partial charge in [0.1, 0.15) is 6.10 Å². The van der Waals surface area contributed by atoms with E-state index in [0.717, 1.165) is 5.56 Å². The van der Waals surface area contributed by atoms with Crippen molar-refractivity contribution in [2.24, 2.45) is 0 Å². The van der Waals surface area contributed by atoms with Crippen molar-refractivity contribution >= 4 is 48.9 Å². The van der Waals surface area contributed by atoms with Gasteiger partial charge >= 0.3 is 0 Å². The number of carbonyl (C=O) groups excluding carboxylic acids is 1. The molecule has 0 aliphatic rings. The number of carbonyl (C=O) groups is 1. The minimum absolute atomic E-state index is 0.000488. The summed E-state index contributed by atoms with van der Waals surface area (Å²) in [6.07, 6.45) is -0.667. The molecule has 6 heteroatoms. The van der Waals surface area contributed by atoms with E-state index >= 15 is 0 Å². The highest BCUT2D eigenvalue weighted by atomic mass is 35.6. The molecule has 0 heterocycles. The molecule has 0 amide bonds. The predicted octanol–water partition coefficient (Wildman–Crippen LogP) is 6.32. The van der Waals surface area contributed by atoms with E-state index in [4.69, 9.17) is 39.2 Å². The van der Waals surface area contributed by atoms with Crippen LogP contribution in [0.15, 0.2) is 24.3 Å². The molecule has 1 atom stereocenters. The fourth-order valence-electron chi connectivity index (χ4n) is 1.69. The molecule has 0 aliphatic heterocycles. The van der Waals surface area contributed by atoms with E-state index in [1.165, 1.54) is 6.92 Å². The fraction of sp³-hybridized carbons (Fsp3) is 0.562. The van der Waals surface area contributed by atoms with Crippen LogP contribution in [0, 0.1) is 0 Å². The third kappa shape index (κ3) is 4.97. The second-order valence-electron chi connectivity index (χ2n) is 6.98. The molecular weight excluding hydrogens is 359 g/mol. The Morgan fingerprint density at radius 2 is 1.55 bits per heavy atom. The third-order valence-corrected chi connectivity index (χ3v) is 9.17. The lowest BCUT2D eigenvalue weighted by atomic mass is 10.1. The molecule has 0 N–H and O–H groups in total. The van der Waals surface area contributed by atoms with Crippen LogP contribution in [0.25, 0.3) is 0 Å². The van der Waals surface area contributed by atoms with Gasteiger partial charge < -0.3 is 4.43 Å². The Kier molecular flexibility index (Phi) is 6.19. The molecule has 1 aromatic carbocycles. The summed E-state index contributed by atoms with van der Waals surface area (Å²) in [4.78, 5) is 11.4. The number of hydrogen-bond acceptors (Lipinski definition) is 2. The van der Waals surface area contributed by atoms with Gasteiger partial charge in [0.25, 0.3) is 0 Å². The molecule has 0 saturated carbocycles. The van der Waals surface area contributed by atoms with Gasteiger partial charge in [0.15, 0.2) is 14.1 Å². The smallest absolute Gasteiger partial charge is 0.219 e. The highest BCUT2D eigenvalue weighted by Crippen LogP contribution is 2.47. The molecule has 0 fully saturated rings. The van der Waals surface area contributed by atoms with Gasteiger partial charge in [-0.2, -0.15) is 0 Å². The number of halogens is 3. The zero-order valence-corrected chi connectivity index (χ0v) is 17.1. The van der Waals surface area contributed by atoms with E-state index in [0.29, 0.717) is 5.56 Å². The van der Waals surface area contributed by atoms with Gasteiger partial charge in [-0.15, -0.1) is 0 Å². The summed E-state index contributed by atoms with van der Waals surface area (Å²) >= 11 is 18.5. The van der Waals surface area contributed by atoms with Crippen molar-refractivity contribution in [2.45, 2.75) is 55.7 Å². The van der Waals surface area contributed by atoms with Crippen molar-refractivity contribution in [2.75, 3.05) is 0 Å². The normalized spacial score (nSPS) is 14.8. The second kappa shape index (κ2) is 6.82. The van der Waals surface area contributed by atoms with Crippen LogP contribution >= 0.6 is 34.8 Å². The van der Waals surface area contributed by atoms with Crippen molar-refractivity contribution < 1.29 is 9.22 Å². The van der Waals surface area contributed by atoms with E-state index in [9.17, 15) is 4.79 Å². The maximum Gasteiger partial charge on any atom is 0.219 e. The summed E-state index contributed by atoms with van der Waals surface area (Å²) in [5, 5.41) is 0.000488. The maximum atomic E-state index is 11.4. The van der Waals surface area contributed by atoms with Gasteiger partial charge in [-0.1, -0.05) is 79.8 Å². The highest BCUT2D eigenvalue weighted by molar-refractivity contribution is 6.74. The van der Waals surface area contributed by atoms with Crippen LogP contribution in [0.4, 0.5) is 0 Å². The van der Waals surface area contributed by atoms with Crippen LogP contribution in [-0.4, -0.2) is 17.9 Å². The number of Topliss-reactive ketones (excluding diaryl/α,β-unsaturated/α-hetero) is 1. The molecule has 0 saturated heterocycles. The van der Waals surface area contributed by atoms with Crippen LogP contribution < -0.4 is 0 Å². The van der Waals surface area contributed by atoms with E-state index in [1.54, 1.807) is 24.3 Å². The quantitative estimate of drug-likeness (QED) is 0.346. The Morgan fingerprint density at radius 1 is 1.09 bits per heavy atom. The molecule has 0 aliphatic carbocycles. The van der Waals surface area contributed by atoms with Gasteiger partial charge in [0.05, 0.1) is 0 Å². The first-order valence-electron chi connectivity index (χ1n) is 7.11. The Morgan fingerprint density at radius 3 is 1.86 bits per heavy atom. The van der Waals surface area contributed by atoms with Crippen LogP contribution in [0.5, 0.6) is 0 Å². The molecule has 0 spiro atoms. The molecule has 22 heavy (non-hydrogen) atoms. The molecular formula is C16H23Cl3O2Si. The van der Waals surface area contributed by atoms with Gasteiger partial charge in [0.2, 0.25) is 3.79 Å². The summed E-state index contributed by atoms with van der Waals surface area (Å²) in [7, 11) is -2.12. The molecule has 0 aromatic heterocycles. The summed E-state index contributed by atoms with van der Waals surface area (Å²) in [5.41, 5.74) is 1.38. The van der Waals surface area contributed by atoms with Crippen molar-refractivity contribution in [1.82, 2.24) is 0 Å². The average molecular weight is 382 g/mol. The standard InChI is InChI=1S/C16H23Cl3O2Si/c1-11(20)12-7-9-13(10-8-12)14(16(17,18)19)21-22(5,6)15(2,3)4/h7-10,14H,1-6H3. The Hall–Kier alpha value is -0.0631. The SMILES string of the molecule is CC(=O)c1ccc(C(O[Si](C)(C)C(C)(C)C)C(Cl)(Cl)Cl)cc1. The monoisotopic (exact) mass is 380 g/mol. The van der Waals surface area contributed by atoms with E-state index in [-0.39, 0.29) is 10.8 Å². The lowest BCUT2D eigenvalue weighted by molar-refractivity contribution is 0.101. The van der Waals surface area contributed by atoms with Crippen LogP contribution in [0.1, 0.15) is 49.7 Å². The largest absolute Gasteiger partial charge is 0.406 e. The van der Waals surface area contributed by atoms with Crippen molar-refractivity contribution in [3.05, 3.63) is 35.4 Å². The molecule has 0 bridgehead atoms. The van der Waals surface area contributed by atoms with Crippen LogP contribution in [-0.2, 0) is 4.43 Å². The first kappa shape index (κ1) is 20.0.